The van der Waals surface area contributed by atoms with Crippen LogP contribution in [0.15, 0.2) is 48.5 Å². The Hall–Kier alpha value is -3.08. The predicted molar refractivity (Wildman–Crippen MR) is 80.2 cm³/mol. The van der Waals surface area contributed by atoms with Crippen molar-refractivity contribution in [3.8, 4) is 17.0 Å². The number of nitrogen functional groups attached to an aromatic ring is 1. The first-order valence-electron chi connectivity index (χ1n) is 6.27. The Morgan fingerprint density at radius 3 is 2.43 bits per heavy atom. The van der Waals surface area contributed by atoms with E-state index in [0.717, 1.165) is 5.56 Å². The van der Waals surface area contributed by atoms with Crippen molar-refractivity contribution in [2.45, 2.75) is 0 Å². The quantitative estimate of drug-likeness (QED) is 0.670. The monoisotopic (exact) mass is 280 g/mol. The van der Waals surface area contributed by atoms with E-state index in [2.05, 4.69) is 4.98 Å². The van der Waals surface area contributed by atoms with Crippen LogP contribution in [0, 0.1) is 0 Å². The predicted octanol–water partition coefficient (Wildman–Crippen LogP) is 2.89. The molecule has 0 amide bonds. The summed E-state index contributed by atoms with van der Waals surface area (Å²) in [6, 6.07) is 12.9. The van der Waals surface area contributed by atoms with Crippen molar-refractivity contribution >= 4 is 22.6 Å². The number of nitrogens with two attached hydrogens (primary N) is 1. The van der Waals surface area contributed by atoms with E-state index in [9.17, 15) is 9.90 Å². The van der Waals surface area contributed by atoms with Crippen LogP contribution in [-0.2, 0) is 0 Å². The molecular weight excluding hydrogens is 268 g/mol. The molecule has 2 aromatic carbocycles. The summed E-state index contributed by atoms with van der Waals surface area (Å²) in [7, 11) is 0. The number of hydrogen-bond donors (Lipinski definition) is 3. The zero-order valence-corrected chi connectivity index (χ0v) is 10.9. The number of anilines is 1. The maximum absolute atomic E-state index is 10.9. The van der Waals surface area contributed by atoms with E-state index in [1.54, 1.807) is 36.4 Å². The van der Waals surface area contributed by atoms with Crippen molar-refractivity contribution in [3.63, 3.8) is 0 Å². The van der Waals surface area contributed by atoms with Crippen LogP contribution in [0.1, 0.15) is 10.4 Å². The van der Waals surface area contributed by atoms with E-state index in [1.165, 1.54) is 12.1 Å². The summed E-state index contributed by atoms with van der Waals surface area (Å²) < 4.78 is 0. The summed E-state index contributed by atoms with van der Waals surface area (Å²) in [5.41, 5.74) is 8.83. The Kier molecular flexibility index (Phi) is 2.95. The number of rotatable bonds is 2. The van der Waals surface area contributed by atoms with Crippen molar-refractivity contribution in [2.75, 3.05) is 5.73 Å². The molecule has 4 N–H and O–H groups in total. The summed E-state index contributed by atoms with van der Waals surface area (Å²) >= 11 is 0. The largest absolute Gasteiger partial charge is 0.508 e. The van der Waals surface area contributed by atoms with E-state index in [4.69, 9.17) is 10.8 Å². The van der Waals surface area contributed by atoms with Gasteiger partial charge in [0.2, 0.25) is 0 Å². The molecule has 0 aliphatic rings. The van der Waals surface area contributed by atoms with Crippen LogP contribution in [0.5, 0.6) is 5.75 Å². The summed E-state index contributed by atoms with van der Waals surface area (Å²) in [5, 5.41) is 19.1. The van der Waals surface area contributed by atoms with Crippen LogP contribution in [0.25, 0.3) is 22.2 Å². The Balaban J connectivity index is 2.12. The van der Waals surface area contributed by atoms with Gasteiger partial charge in [-0.1, -0.05) is 12.1 Å². The molecule has 0 saturated carbocycles. The molecule has 1 heterocycles. The highest BCUT2D eigenvalue weighted by molar-refractivity contribution is 5.94. The second kappa shape index (κ2) is 4.79. The number of phenolic OH excluding ortho intramolecular Hbond substituents is 1. The van der Waals surface area contributed by atoms with Crippen molar-refractivity contribution in [1.29, 1.82) is 0 Å². The lowest BCUT2D eigenvalue weighted by Crippen LogP contribution is -1.96. The molecular formula is C16H12N2O3. The van der Waals surface area contributed by atoms with Crippen molar-refractivity contribution in [1.82, 2.24) is 4.98 Å². The van der Waals surface area contributed by atoms with Gasteiger partial charge in [-0.05, 0) is 36.4 Å². The van der Waals surface area contributed by atoms with E-state index in [0.29, 0.717) is 22.3 Å². The van der Waals surface area contributed by atoms with Gasteiger partial charge in [-0.2, -0.15) is 0 Å². The molecule has 0 saturated heterocycles. The first kappa shape index (κ1) is 12.9. The normalized spacial score (nSPS) is 10.7. The maximum Gasteiger partial charge on any atom is 0.335 e. The number of aromatic nitrogens is 1. The molecule has 0 spiro atoms. The third-order valence-corrected chi connectivity index (χ3v) is 3.25. The number of carboxylic acids is 1. The van der Waals surface area contributed by atoms with E-state index in [-0.39, 0.29) is 11.3 Å². The molecule has 5 nitrogen and oxygen atoms in total. The van der Waals surface area contributed by atoms with Crippen molar-refractivity contribution in [2.24, 2.45) is 0 Å². The van der Waals surface area contributed by atoms with E-state index >= 15 is 0 Å². The zero-order valence-electron chi connectivity index (χ0n) is 10.9. The maximum atomic E-state index is 10.9. The minimum absolute atomic E-state index is 0.134. The summed E-state index contributed by atoms with van der Waals surface area (Å²) in [6.45, 7) is 0. The fraction of sp³-hybridized carbons (Fsp3) is 0. The molecule has 0 aliphatic carbocycles. The molecule has 104 valence electrons. The minimum atomic E-state index is -0.969. The van der Waals surface area contributed by atoms with Crippen LogP contribution < -0.4 is 5.73 Å². The topological polar surface area (TPSA) is 96.4 Å². The third-order valence-electron chi connectivity index (χ3n) is 3.25. The highest BCUT2D eigenvalue weighted by Gasteiger charge is 2.08. The molecule has 0 unspecified atom stereocenters. The van der Waals surface area contributed by atoms with Crippen LogP contribution in [0.2, 0.25) is 0 Å². The number of carbonyl (C=O) groups is 1. The van der Waals surface area contributed by atoms with Gasteiger partial charge in [-0.3, -0.25) is 0 Å². The van der Waals surface area contributed by atoms with Gasteiger partial charge in [0.05, 0.1) is 16.8 Å². The van der Waals surface area contributed by atoms with Crippen LogP contribution in [-0.4, -0.2) is 21.2 Å². The fourth-order valence-corrected chi connectivity index (χ4v) is 2.17. The Morgan fingerprint density at radius 2 is 1.76 bits per heavy atom. The smallest absolute Gasteiger partial charge is 0.335 e. The number of aromatic hydroxyl groups is 1. The van der Waals surface area contributed by atoms with Gasteiger partial charge >= 0.3 is 5.97 Å². The summed E-state index contributed by atoms with van der Waals surface area (Å²) in [5.74, 6) is -0.836. The number of carboxylic acid groups (broad SMARTS) is 1. The first-order chi connectivity index (χ1) is 10.0. The highest BCUT2D eigenvalue weighted by Crippen LogP contribution is 2.28. The van der Waals surface area contributed by atoms with Gasteiger partial charge in [0.15, 0.2) is 0 Å². The number of benzene rings is 2. The molecule has 1 aromatic heterocycles. The van der Waals surface area contributed by atoms with Crippen molar-refractivity contribution < 1.29 is 15.0 Å². The Labute approximate surface area is 120 Å². The molecule has 3 aromatic rings. The first-order valence-corrected chi connectivity index (χ1v) is 6.27. The molecule has 0 bridgehead atoms. The van der Waals surface area contributed by atoms with Gasteiger partial charge < -0.3 is 15.9 Å². The second-order valence-electron chi connectivity index (χ2n) is 4.68. The molecule has 3 rings (SSSR count). The summed E-state index contributed by atoms with van der Waals surface area (Å²) in [6.07, 6.45) is 0. The molecule has 0 aliphatic heterocycles. The lowest BCUT2D eigenvalue weighted by Gasteiger charge is -2.07. The average molecular weight is 280 g/mol. The van der Waals surface area contributed by atoms with Crippen LogP contribution in [0.4, 0.5) is 5.69 Å². The van der Waals surface area contributed by atoms with E-state index in [1.807, 2.05) is 0 Å². The number of phenols is 1. The van der Waals surface area contributed by atoms with Gasteiger partial charge in [-0.15, -0.1) is 0 Å². The number of pyridine rings is 1. The second-order valence-corrected chi connectivity index (χ2v) is 4.68. The molecule has 0 fully saturated rings. The number of nitrogens with zero attached hydrogens (tertiary/aromatic N) is 1. The number of aromatic carboxylic acids is 1. The minimum Gasteiger partial charge on any atom is -0.508 e. The molecule has 5 heteroatoms. The molecule has 0 radical (unpaired) electrons. The Morgan fingerprint density at radius 1 is 1.05 bits per heavy atom. The van der Waals surface area contributed by atoms with Gasteiger partial charge in [0.25, 0.3) is 0 Å². The highest BCUT2D eigenvalue weighted by atomic mass is 16.4. The van der Waals surface area contributed by atoms with Gasteiger partial charge in [0, 0.05) is 16.6 Å². The third kappa shape index (κ3) is 2.36. The van der Waals surface area contributed by atoms with Gasteiger partial charge in [0.1, 0.15) is 5.75 Å². The van der Waals surface area contributed by atoms with Crippen LogP contribution >= 0.6 is 0 Å². The average Bonchev–Trinajstić information content (AvgIpc) is 2.48. The standard InChI is InChI=1S/C16H12N2O3/c17-13-8-15(9-1-3-10(4-2-9)16(20)21)18-14-6-5-11(19)7-12(13)14/h1-8,19H,(H2,17,18)(H,20,21). The lowest BCUT2D eigenvalue weighted by molar-refractivity contribution is 0.0697. The number of fused-ring (bicyclic) bond motifs is 1. The fourth-order valence-electron chi connectivity index (χ4n) is 2.17. The Bertz CT molecular complexity index is 842. The van der Waals surface area contributed by atoms with Crippen LogP contribution in [0.3, 0.4) is 0 Å². The van der Waals surface area contributed by atoms with Gasteiger partial charge in [-0.25, -0.2) is 9.78 Å². The zero-order chi connectivity index (χ0) is 15.0. The summed E-state index contributed by atoms with van der Waals surface area (Å²) in [4.78, 5) is 15.3. The lowest BCUT2D eigenvalue weighted by atomic mass is 10.1. The molecule has 21 heavy (non-hydrogen) atoms. The molecule has 0 atom stereocenters. The SMILES string of the molecule is Nc1cc(-c2ccc(C(=O)O)cc2)nc2ccc(O)cc12. The van der Waals surface area contributed by atoms with Crippen molar-refractivity contribution in [3.05, 3.63) is 54.1 Å². The number of hydrogen-bond acceptors (Lipinski definition) is 4. The van der Waals surface area contributed by atoms with E-state index < -0.39 is 5.97 Å².